The number of aryl methyl sites for hydroxylation is 2. The zero-order chi connectivity index (χ0) is 22.7. The number of thiophene rings is 1. The molecule has 4 rings (SSSR count). The SMILES string of the molecule is CC(C)NC(=O)C1CCN(C(=O)CCSCc2nc3sc4c(c3c(=O)[nH]2)CCCC4)CC1. The monoisotopic (exact) mass is 476 g/mol. The molecule has 2 aromatic rings. The topological polar surface area (TPSA) is 95.2 Å². The van der Waals surface area contributed by atoms with Crippen molar-refractivity contribution in [2.45, 2.75) is 70.6 Å². The predicted molar refractivity (Wildman–Crippen MR) is 130 cm³/mol. The van der Waals surface area contributed by atoms with Gasteiger partial charge in [0, 0.05) is 42.1 Å². The smallest absolute Gasteiger partial charge is 0.259 e. The molecule has 2 aliphatic rings. The fraction of sp³-hybridized carbons (Fsp3) is 0.652. The molecule has 0 atom stereocenters. The van der Waals surface area contributed by atoms with E-state index in [1.807, 2.05) is 18.7 Å². The van der Waals surface area contributed by atoms with Gasteiger partial charge in [-0.2, -0.15) is 11.8 Å². The van der Waals surface area contributed by atoms with Crippen LogP contribution in [0.4, 0.5) is 0 Å². The standard InChI is InChI=1S/C23H32N4O3S2/c1-14(2)24-21(29)15-7-10-27(11-8-15)19(28)9-12-31-13-18-25-22(30)20-16-5-3-4-6-17(16)32-23(20)26-18/h14-15H,3-13H2,1-2H3,(H,24,29)(H,25,26,30). The number of H-pyrrole nitrogens is 1. The largest absolute Gasteiger partial charge is 0.354 e. The molecule has 3 heterocycles. The van der Waals surface area contributed by atoms with Crippen molar-refractivity contribution in [1.82, 2.24) is 20.2 Å². The first-order valence-corrected chi connectivity index (χ1v) is 13.6. The van der Waals surface area contributed by atoms with E-state index in [9.17, 15) is 14.4 Å². The second-order valence-corrected chi connectivity index (χ2v) is 11.2. The van der Waals surface area contributed by atoms with Crippen LogP contribution in [-0.4, -0.2) is 51.6 Å². The first kappa shape index (κ1) is 23.3. The Balaban J connectivity index is 1.23. The number of fused-ring (bicyclic) bond motifs is 3. The van der Waals surface area contributed by atoms with Crippen LogP contribution < -0.4 is 10.9 Å². The highest BCUT2D eigenvalue weighted by atomic mass is 32.2. The summed E-state index contributed by atoms with van der Waals surface area (Å²) in [4.78, 5) is 49.0. The maximum atomic E-state index is 12.6. The highest BCUT2D eigenvalue weighted by molar-refractivity contribution is 7.98. The van der Waals surface area contributed by atoms with Crippen molar-refractivity contribution in [3.8, 4) is 0 Å². The van der Waals surface area contributed by atoms with E-state index in [4.69, 9.17) is 4.98 Å². The van der Waals surface area contributed by atoms with Crippen molar-refractivity contribution in [3.05, 3.63) is 26.6 Å². The van der Waals surface area contributed by atoms with Crippen LogP contribution in [0.3, 0.4) is 0 Å². The van der Waals surface area contributed by atoms with Crippen LogP contribution in [0.5, 0.6) is 0 Å². The molecule has 0 spiro atoms. The van der Waals surface area contributed by atoms with Gasteiger partial charge in [0.1, 0.15) is 10.7 Å². The van der Waals surface area contributed by atoms with Crippen molar-refractivity contribution in [3.63, 3.8) is 0 Å². The van der Waals surface area contributed by atoms with E-state index in [1.165, 1.54) is 16.9 Å². The number of nitrogens with zero attached hydrogens (tertiary/aromatic N) is 2. The number of hydrogen-bond donors (Lipinski definition) is 2. The predicted octanol–water partition coefficient (Wildman–Crippen LogP) is 3.25. The molecule has 0 aromatic carbocycles. The molecule has 32 heavy (non-hydrogen) atoms. The van der Waals surface area contributed by atoms with Gasteiger partial charge in [-0.05, 0) is 57.9 Å². The van der Waals surface area contributed by atoms with Gasteiger partial charge in [-0.15, -0.1) is 11.3 Å². The van der Waals surface area contributed by atoms with Crippen LogP contribution in [0, 0.1) is 5.92 Å². The zero-order valence-electron chi connectivity index (χ0n) is 18.9. The summed E-state index contributed by atoms with van der Waals surface area (Å²) in [5, 5.41) is 3.76. The summed E-state index contributed by atoms with van der Waals surface area (Å²) in [6.45, 7) is 5.22. The number of likely N-dealkylation sites (tertiary alicyclic amines) is 1. The van der Waals surface area contributed by atoms with E-state index in [0.717, 1.165) is 42.3 Å². The molecule has 2 N–H and O–H groups in total. The number of carbonyl (C=O) groups is 2. The lowest BCUT2D eigenvalue weighted by atomic mass is 9.95. The molecule has 9 heteroatoms. The lowest BCUT2D eigenvalue weighted by molar-refractivity contribution is -0.135. The first-order valence-electron chi connectivity index (χ1n) is 11.6. The molecule has 0 saturated carbocycles. The molecule has 1 saturated heterocycles. The summed E-state index contributed by atoms with van der Waals surface area (Å²) in [5.41, 5.74) is 1.19. The van der Waals surface area contributed by atoms with Gasteiger partial charge < -0.3 is 15.2 Å². The molecular weight excluding hydrogens is 444 g/mol. The summed E-state index contributed by atoms with van der Waals surface area (Å²) in [5.74, 6) is 2.23. The molecule has 2 aromatic heterocycles. The van der Waals surface area contributed by atoms with E-state index < -0.39 is 0 Å². The second kappa shape index (κ2) is 10.4. The number of piperidine rings is 1. The van der Waals surface area contributed by atoms with Gasteiger partial charge in [0.05, 0.1) is 11.1 Å². The molecule has 1 aliphatic heterocycles. The number of nitrogens with one attached hydrogen (secondary N) is 2. The molecule has 0 bridgehead atoms. The summed E-state index contributed by atoms with van der Waals surface area (Å²) in [6.07, 6.45) is 6.30. The van der Waals surface area contributed by atoms with Gasteiger partial charge in [0.2, 0.25) is 11.8 Å². The van der Waals surface area contributed by atoms with Crippen molar-refractivity contribution < 1.29 is 9.59 Å². The van der Waals surface area contributed by atoms with Gasteiger partial charge in [-0.25, -0.2) is 4.98 Å². The highest BCUT2D eigenvalue weighted by Crippen LogP contribution is 2.33. The number of carbonyl (C=O) groups excluding carboxylic acids is 2. The number of amides is 2. The Morgan fingerprint density at radius 2 is 2.00 bits per heavy atom. The summed E-state index contributed by atoms with van der Waals surface area (Å²) in [6, 6.07) is 0.148. The van der Waals surface area contributed by atoms with Gasteiger partial charge in [-0.3, -0.25) is 14.4 Å². The molecule has 0 unspecified atom stereocenters. The van der Waals surface area contributed by atoms with Crippen LogP contribution >= 0.6 is 23.1 Å². The van der Waals surface area contributed by atoms with Crippen LogP contribution in [-0.2, 0) is 28.2 Å². The molecule has 174 valence electrons. The minimum absolute atomic E-state index is 0.0107. The third-order valence-corrected chi connectivity index (χ3v) is 8.38. The zero-order valence-corrected chi connectivity index (χ0v) is 20.5. The van der Waals surface area contributed by atoms with Gasteiger partial charge in [0.25, 0.3) is 5.56 Å². The minimum atomic E-state index is -0.0227. The first-order chi connectivity index (χ1) is 15.4. The van der Waals surface area contributed by atoms with E-state index in [0.29, 0.717) is 36.8 Å². The van der Waals surface area contributed by atoms with E-state index in [-0.39, 0.29) is 29.3 Å². The second-order valence-electron chi connectivity index (χ2n) is 9.02. The third-order valence-electron chi connectivity index (χ3n) is 6.22. The van der Waals surface area contributed by atoms with Crippen molar-refractivity contribution in [2.75, 3.05) is 18.8 Å². The Morgan fingerprint density at radius 1 is 1.25 bits per heavy atom. The molecule has 1 aliphatic carbocycles. The summed E-state index contributed by atoms with van der Waals surface area (Å²) >= 11 is 3.29. The molecule has 7 nitrogen and oxygen atoms in total. The van der Waals surface area contributed by atoms with Crippen molar-refractivity contribution in [2.24, 2.45) is 5.92 Å². The fourth-order valence-corrected chi connectivity index (χ4v) is 6.63. The average molecular weight is 477 g/mol. The van der Waals surface area contributed by atoms with E-state index in [2.05, 4.69) is 10.3 Å². The molecule has 2 amide bonds. The van der Waals surface area contributed by atoms with Crippen molar-refractivity contribution >= 4 is 45.1 Å². The van der Waals surface area contributed by atoms with Crippen LogP contribution in [0.15, 0.2) is 4.79 Å². The van der Waals surface area contributed by atoms with Crippen LogP contribution in [0.25, 0.3) is 10.2 Å². The molecule has 1 fully saturated rings. The number of thioether (sulfide) groups is 1. The molecular formula is C23H32N4O3S2. The number of hydrogen-bond acceptors (Lipinski definition) is 6. The van der Waals surface area contributed by atoms with Crippen LogP contribution in [0.1, 0.15) is 62.2 Å². The fourth-order valence-electron chi connectivity index (χ4n) is 4.56. The Morgan fingerprint density at radius 3 is 2.75 bits per heavy atom. The summed E-state index contributed by atoms with van der Waals surface area (Å²) in [7, 11) is 0. The van der Waals surface area contributed by atoms with E-state index >= 15 is 0 Å². The Bertz CT molecular complexity index is 1040. The lowest BCUT2D eigenvalue weighted by Gasteiger charge is -2.31. The quantitative estimate of drug-likeness (QED) is 0.598. The number of aromatic amines is 1. The maximum absolute atomic E-state index is 12.6. The van der Waals surface area contributed by atoms with Gasteiger partial charge in [0.15, 0.2) is 0 Å². The average Bonchev–Trinajstić information content (AvgIpc) is 3.15. The highest BCUT2D eigenvalue weighted by Gasteiger charge is 2.27. The third kappa shape index (κ3) is 5.36. The lowest BCUT2D eigenvalue weighted by Crippen LogP contribution is -2.44. The summed E-state index contributed by atoms with van der Waals surface area (Å²) < 4.78 is 0. The van der Waals surface area contributed by atoms with E-state index in [1.54, 1.807) is 23.1 Å². The van der Waals surface area contributed by atoms with Crippen LogP contribution in [0.2, 0.25) is 0 Å². The Hall–Kier alpha value is -1.87. The van der Waals surface area contributed by atoms with Crippen molar-refractivity contribution in [1.29, 1.82) is 0 Å². The Kier molecular flexibility index (Phi) is 7.55. The van der Waals surface area contributed by atoms with Gasteiger partial charge >= 0.3 is 0 Å². The normalized spacial score (nSPS) is 17.0. The molecule has 0 radical (unpaired) electrons. The minimum Gasteiger partial charge on any atom is -0.354 e. The number of rotatable bonds is 7. The van der Waals surface area contributed by atoms with Gasteiger partial charge in [-0.1, -0.05) is 0 Å². The Labute approximate surface area is 196 Å². The number of aromatic nitrogens is 2. The maximum Gasteiger partial charge on any atom is 0.259 e.